The predicted octanol–water partition coefficient (Wildman–Crippen LogP) is -2.55. The third-order valence-electron chi connectivity index (χ3n) is 3.39. The summed E-state index contributed by atoms with van der Waals surface area (Å²) in [4.78, 5) is 24.8. The molecule has 0 aromatic rings. The first-order chi connectivity index (χ1) is 10.7. The number of rotatable bonds is 6. The van der Waals surface area contributed by atoms with Crippen LogP contribution in [0.5, 0.6) is 0 Å². The first-order valence-corrected chi connectivity index (χ1v) is 6.58. The van der Waals surface area contributed by atoms with Crippen molar-refractivity contribution in [1.82, 2.24) is 5.32 Å². The lowest BCUT2D eigenvalue weighted by Crippen LogP contribution is -2.66. The molecule has 0 spiro atoms. The molecule has 130 valence electrons. The Morgan fingerprint density at radius 3 is 2.61 bits per heavy atom. The molecule has 12 nitrogen and oxygen atoms in total. The minimum absolute atomic E-state index is 0.610. The van der Waals surface area contributed by atoms with Crippen LogP contribution < -0.4 is 5.32 Å². The van der Waals surface area contributed by atoms with Crippen LogP contribution in [0.15, 0.2) is 5.11 Å². The quantitative estimate of drug-likeness (QED) is 0.173. The molecule has 1 unspecified atom stereocenters. The Morgan fingerprint density at radius 2 is 2.17 bits per heavy atom. The molecule has 0 saturated carbocycles. The predicted molar refractivity (Wildman–Crippen MR) is 71.7 cm³/mol. The van der Waals surface area contributed by atoms with Crippen molar-refractivity contribution in [3.63, 3.8) is 0 Å². The molecule has 6 atom stereocenters. The molecule has 0 aliphatic carbocycles. The minimum atomic E-state index is -2.81. The molecular formula is C11H18N4O8. The lowest BCUT2D eigenvalue weighted by molar-refractivity contribution is -0.282. The van der Waals surface area contributed by atoms with Gasteiger partial charge < -0.3 is 35.6 Å². The molecule has 6 N–H and O–H groups in total. The summed E-state index contributed by atoms with van der Waals surface area (Å²) in [5.74, 6) is -5.22. The number of carboxylic acid groups (broad SMARTS) is 1. The molecule has 1 amide bonds. The number of amides is 1. The van der Waals surface area contributed by atoms with E-state index in [4.69, 9.17) is 20.5 Å². The zero-order valence-corrected chi connectivity index (χ0v) is 12.1. The fraction of sp³-hybridized carbons (Fsp3) is 0.818. The van der Waals surface area contributed by atoms with Crippen molar-refractivity contribution in [3.8, 4) is 0 Å². The van der Waals surface area contributed by atoms with Gasteiger partial charge in [0.15, 0.2) is 0 Å². The van der Waals surface area contributed by atoms with Crippen molar-refractivity contribution >= 4 is 11.9 Å². The largest absolute Gasteiger partial charge is 0.477 e. The molecule has 12 heteroatoms. The van der Waals surface area contributed by atoms with Gasteiger partial charge in [0, 0.05) is 18.3 Å². The Morgan fingerprint density at radius 1 is 1.57 bits per heavy atom. The van der Waals surface area contributed by atoms with E-state index in [0.717, 1.165) is 6.92 Å². The Hall–Kier alpha value is -1.95. The smallest absolute Gasteiger partial charge is 0.364 e. The van der Waals surface area contributed by atoms with Crippen molar-refractivity contribution in [2.45, 2.75) is 49.5 Å². The van der Waals surface area contributed by atoms with Gasteiger partial charge in [-0.15, -0.1) is 0 Å². The highest BCUT2D eigenvalue weighted by atomic mass is 16.7. The van der Waals surface area contributed by atoms with Crippen LogP contribution in [0.4, 0.5) is 0 Å². The average molecular weight is 334 g/mol. The molecule has 1 fully saturated rings. The number of carbonyl (C=O) groups is 2. The lowest BCUT2D eigenvalue weighted by atomic mass is 9.87. The van der Waals surface area contributed by atoms with E-state index in [1.165, 1.54) is 0 Å². The Kier molecular flexibility index (Phi) is 6.27. The van der Waals surface area contributed by atoms with Crippen LogP contribution >= 0.6 is 0 Å². The van der Waals surface area contributed by atoms with Crippen molar-refractivity contribution in [2.24, 2.45) is 5.11 Å². The van der Waals surface area contributed by atoms with Crippen molar-refractivity contribution in [3.05, 3.63) is 10.4 Å². The number of carbonyl (C=O) groups excluding carboxylic acids is 1. The molecule has 0 bridgehead atoms. The first kappa shape index (κ1) is 19.1. The summed E-state index contributed by atoms with van der Waals surface area (Å²) < 4.78 is 5.00. The summed E-state index contributed by atoms with van der Waals surface area (Å²) >= 11 is 0. The van der Waals surface area contributed by atoms with E-state index in [1.54, 1.807) is 0 Å². The highest BCUT2D eigenvalue weighted by Gasteiger charge is 2.53. The van der Waals surface area contributed by atoms with Gasteiger partial charge in [-0.05, 0) is 5.53 Å². The minimum Gasteiger partial charge on any atom is -0.477 e. The van der Waals surface area contributed by atoms with Crippen LogP contribution in [0.2, 0.25) is 0 Å². The van der Waals surface area contributed by atoms with E-state index < -0.39 is 61.1 Å². The third-order valence-corrected chi connectivity index (χ3v) is 3.39. The van der Waals surface area contributed by atoms with Crippen molar-refractivity contribution < 1.29 is 39.9 Å². The second-order valence-corrected chi connectivity index (χ2v) is 5.12. The van der Waals surface area contributed by atoms with Gasteiger partial charge in [0.2, 0.25) is 5.91 Å². The van der Waals surface area contributed by atoms with Gasteiger partial charge in [0.25, 0.3) is 5.79 Å². The molecule has 1 aliphatic heterocycles. The number of aliphatic carboxylic acids is 1. The van der Waals surface area contributed by atoms with Gasteiger partial charge in [-0.3, -0.25) is 4.79 Å². The van der Waals surface area contributed by atoms with Crippen LogP contribution in [-0.4, -0.2) is 80.2 Å². The second kappa shape index (κ2) is 7.55. The van der Waals surface area contributed by atoms with Gasteiger partial charge in [0.05, 0.1) is 37.0 Å². The van der Waals surface area contributed by atoms with Crippen LogP contribution in [0.1, 0.15) is 13.3 Å². The van der Waals surface area contributed by atoms with E-state index in [-0.39, 0.29) is 0 Å². The van der Waals surface area contributed by atoms with Gasteiger partial charge in [-0.25, -0.2) is 4.79 Å². The molecule has 0 radical (unpaired) electrons. The van der Waals surface area contributed by atoms with Gasteiger partial charge in [-0.1, -0.05) is 5.11 Å². The molecule has 1 saturated heterocycles. The second-order valence-electron chi connectivity index (χ2n) is 5.12. The average Bonchev–Trinajstić information content (AvgIpc) is 2.46. The van der Waals surface area contributed by atoms with Crippen LogP contribution in [0.25, 0.3) is 10.4 Å². The van der Waals surface area contributed by atoms with Crippen LogP contribution in [-0.2, 0) is 14.3 Å². The van der Waals surface area contributed by atoms with Crippen molar-refractivity contribution in [2.75, 3.05) is 6.61 Å². The summed E-state index contributed by atoms with van der Waals surface area (Å²) in [7, 11) is 0. The number of azide groups is 1. The molecule has 23 heavy (non-hydrogen) atoms. The first-order valence-electron chi connectivity index (χ1n) is 6.58. The molecule has 0 aromatic carbocycles. The number of nitrogens with one attached hydrogen (secondary N) is 1. The van der Waals surface area contributed by atoms with Crippen molar-refractivity contribution in [1.29, 1.82) is 0 Å². The Balaban J connectivity index is 3.26. The van der Waals surface area contributed by atoms with Gasteiger partial charge >= 0.3 is 5.97 Å². The standard InChI is InChI=1S/C11H18N4O8/c1-4(17)13-7-5(18)2-11(22,10(20)21)23-9(7)8(14-15-12)6(19)3-16/h5-9,16,18-19,22H,2-3H2,1H3,(H,13,17)(H,20,21)/t5-,6-,7+,8+,9+,11?/m0/s1. The van der Waals surface area contributed by atoms with E-state index in [0.29, 0.717) is 0 Å². The van der Waals surface area contributed by atoms with Gasteiger partial charge in [-0.2, -0.15) is 0 Å². The SMILES string of the molecule is CC(=O)N[C@H]1[C@H]([C@H](N=[N+]=[N-])[C@@H](O)CO)OC(O)(C(=O)O)C[C@@H]1O. The van der Waals surface area contributed by atoms with Gasteiger partial charge in [0.1, 0.15) is 0 Å². The molecular weight excluding hydrogens is 316 g/mol. The highest BCUT2D eigenvalue weighted by Crippen LogP contribution is 2.31. The third kappa shape index (κ3) is 4.28. The number of nitrogens with zero attached hydrogens (tertiary/aromatic N) is 3. The van der Waals surface area contributed by atoms with Crippen LogP contribution in [0.3, 0.4) is 0 Å². The van der Waals surface area contributed by atoms with E-state index in [1.807, 2.05) is 0 Å². The normalized spacial score (nSPS) is 33.2. The molecule has 0 aromatic heterocycles. The van der Waals surface area contributed by atoms with E-state index in [9.17, 15) is 24.9 Å². The van der Waals surface area contributed by atoms with E-state index in [2.05, 4.69) is 15.3 Å². The maximum absolute atomic E-state index is 11.2. The number of ether oxygens (including phenoxy) is 1. The lowest BCUT2D eigenvalue weighted by Gasteiger charge is -2.45. The zero-order valence-electron chi connectivity index (χ0n) is 12.1. The number of aliphatic hydroxyl groups excluding tert-OH is 3. The topological polar surface area (TPSA) is 205 Å². The fourth-order valence-electron chi connectivity index (χ4n) is 2.34. The summed E-state index contributed by atoms with van der Waals surface area (Å²) in [6, 6.07) is -2.84. The summed E-state index contributed by atoms with van der Waals surface area (Å²) in [5.41, 5.74) is 8.57. The number of hydrogen-bond acceptors (Lipinski definition) is 8. The fourth-order valence-corrected chi connectivity index (χ4v) is 2.34. The number of aliphatic hydroxyl groups is 4. The number of carboxylic acids is 1. The zero-order chi connectivity index (χ0) is 17.8. The summed E-state index contributed by atoms with van der Waals surface area (Å²) in [6.45, 7) is 0.255. The Labute approximate surface area is 129 Å². The highest BCUT2D eigenvalue weighted by molar-refractivity contribution is 5.76. The Bertz CT molecular complexity index is 510. The van der Waals surface area contributed by atoms with Crippen LogP contribution in [0, 0.1) is 0 Å². The molecule has 1 aliphatic rings. The number of hydrogen-bond donors (Lipinski definition) is 6. The summed E-state index contributed by atoms with van der Waals surface area (Å²) in [5, 5.41) is 53.3. The monoisotopic (exact) mass is 334 g/mol. The summed E-state index contributed by atoms with van der Waals surface area (Å²) in [6.07, 6.45) is -5.60. The molecule has 1 heterocycles. The molecule has 1 rings (SSSR count). The van der Waals surface area contributed by atoms with E-state index >= 15 is 0 Å². The maximum atomic E-state index is 11.2. The maximum Gasteiger partial charge on any atom is 0.364 e.